The highest BCUT2D eigenvalue weighted by atomic mass is 35.5. The van der Waals surface area contributed by atoms with Crippen molar-refractivity contribution in [2.45, 2.75) is 6.92 Å². The average Bonchev–Trinajstić information content (AvgIpc) is 2.73. The van der Waals surface area contributed by atoms with Crippen molar-refractivity contribution in [3.8, 4) is 0 Å². The molecule has 3 rings (SSSR count). The van der Waals surface area contributed by atoms with Gasteiger partial charge in [0, 0.05) is 26.8 Å². The number of nitrogens with one attached hydrogen (secondary N) is 1. The van der Waals surface area contributed by atoms with Crippen LogP contribution in [-0.4, -0.2) is 4.98 Å². The lowest BCUT2D eigenvalue weighted by atomic mass is 10.0. The van der Waals surface area contributed by atoms with E-state index >= 15 is 0 Å². The molecule has 94 valence electrons. The highest BCUT2D eigenvalue weighted by Gasteiger charge is 2.07. The minimum Gasteiger partial charge on any atom is -0.355 e. The summed E-state index contributed by atoms with van der Waals surface area (Å²) in [6.07, 6.45) is 5.82. The van der Waals surface area contributed by atoms with Crippen molar-refractivity contribution in [3.05, 3.63) is 65.2 Å². The van der Waals surface area contributed by atoms with Crippen LogP contribution in [0.25, 0.3) is 27.9 Å². The van der Waals surface area contributed by atoms with Gasteiger partial charge in [-0.05, 0) is 48.4 Å². The fraction of sp³-hybridized carbons (Fsp3) is 0.0588. The number of H-pyrrole nitrogens is 1. The highest BCUT2D eigenvalue weighted by Crippen LogP contribution is 2.30. The highest BCUT2D eigenvalue weighted by molar-refractivity contribution is 6.31. The van der Waals surface area contributed by atoms with Gasteiger partial charge in [-0.25, -0.2) is 0 Å². The Morgan fingerprint density at radius 1 is 1.11 bits per heavy atom. The Morgan fingerprint density at radius 3 is 2.68 bits per heavy atom. The molecule has 0 saturated carbocycles. The van der Waals surface area contributed by atoms with Crippen LogP contribution in [0.15, 0.2) is 49.1 Å². The van der Waals surface area contributed by atoms with Crippen LogP contribution < -0.4 is 0 Å². The quantitative estimate of drug-likeness (QED) is 0.592. The van der Waals surface area contributed by atoms with Crippen LogP contribution in [0.2, 0.25) is 5.02 Å². The topological polar surface area (TPSA) is 15.8 Å². The van der Waals surface area contributed by atoms with Gasteiger partial charge in [-0.2, -0.15) is 0 Å². The van der Waals surface area contributed by atoms with Gasteiger partial charge in [0.25, 0.3) is 0 Å². The molecule has 0 atom stereocenters. The van der Waals surface area contributed by atoms with Crippen LogP contribution in [0.1, 0.15) is 11.1 Å². The summed E-state index contributed by atoms with van der Waals surface area (Å²) < 4.78 is 0. The number of rotatable bonds is 2. The molecule has 0 radical (unpaired) electrons. The standard InChI is InChI=1S/C17H14ClN/c1-3-4-5-12-9-14-15-10-13(18)6-7-16(15)19-17(14)8-11(12)2/h3-10,19H,1H2,2H3/b5-4-. The van der Waals surface area contributed by atoms with Gasteiger partial charge < -0.3 is 4.98 Å². The molecule has 0 amide bonds. The number of aromatic nitrogens is 1. The Hall–Kier alpha value is -1.99. The van der Waals surface area contributed by atoms with Crippen LogP contribution in [0.5, 0.6) is 0 Å². The van der Waals surface area contributed by atoms with E-state index in [0.717, 1.165) is 21.4 Å². The van der Waals surface area contributed by atoms with Gasteiger partial charge in [0.15, 0.2) is 0 Å². The first kappa shape index (κ1) is 12.1. The molecule has 0 spiro atoms. The van der Waals surface area contributed by atoms with Gasteiger partial charge in [0.05, 0.1) is 0 Å². The second kappa shape index (κ2) is 4.60. The molecule has 0 aliphatic carbocycles. The molecule has 0 fully saturated rings. The number of fused-ring (bicyclic) bond motifs is 3. The molecule has 0 aliphatic rings. The van der Waals surface area contributed by atoms with Gasteiger partial charge in [-0.3, -0.25) is 0 Å². The summed E-state index contributed by atoms with van der Waals surface area (Å²) in [7, 11) is 0. The predicted octanol–water partition coefficient (Wildman–Crippen LogP) is 5.48. The molecule has 0 aliphatic heterocycles. The van der Waals surface area contributed by atoms with E-state index in [0.29, 0.717) is 0 Å². The zero-order valence-electron chi connectivity index (χ0n) is 10.7. The molecule has 0 bridgehead atoms. The molecule has 1 heterocycles. The Morgan fingerprint density at radius 2 is 1.89 bits per heavy atom. The Kier molecular flexibility index (Phi) is 2.92. The number of hydrogen-bond acceptors (Lipinski definition) is 0. The first-order valence-electron chi connectivity index (χ1n) is 6.20. The van der Waals surface area contributed by atoms with Crippen molar-refractivity contribution in [2.24, 2.45) is 0 Å². The number of benzene rings is 2. The molecular weight excluding hydrogens is 254 g/mol. The smallest absolute Gasteiger partial charge is 0.0467 e. The molecule has 2 heteroatoms. The van der Waals surface area contributed by atoms with Gasteiger partial charge in [-0.15, -0.1) is 0 Å². The van der Waals surface area contributed by atoms with Crippen molar-refractivity contribution in [1.29, 1.82) is 0 Å². The fourth-order valence-corrected chi connectivity index (χ4v) is 2.57. The van der Waals surface area contributed by atoms with Gasteiger partial charge in [-0.1, -0.05) is 36.4 Å². The van der Waals surface area contributed by atoms with E-state index in [2.05, 4.69) is 36.7 Å². The molecule has 0 saturated heterocycles. The molecule has 2 aromatic carbocycles. The van der Waals surface area contributed by atoms with Crippen molar-refractivity contribution < 1.29 is 0 Å². The van der Waals surface area contributed by atoms with E-state index in [9.17, 15) is 0 Å². The van der Waals surface area contributed by atoms with Crippen LogP contribution in [0.4, 0.5) is 0 Å². The van der Waals surface area contributed by atoms with E-state index in [1.165, 1.54) is 16.5 Å². The number of allylic oxidation sites excluding steroid dienone is 2. The Labute approximate surface area is 117 Å². The van der Waals surface area contributed by atoms with E-state index in [1.807, 2.05) is 24.3 Å². The SMILES string of the molecule is C=C/C=C\c1cc2c(cc1C)[nH]c1ccc(Cl)cc12. The van der Waals surface area contributed by atoms with E-state index < -0.39 is 0 Å². The molecule has 1 N–H and O–H groups in total. The van der Waals surface area contributed by atoms with Crippen molar-refractivity contribution in [3.63, 3.8) is 0 Å². The third kappa shape index (κ3) is 2.06. The lowest BCUT2D eigenvalue weighted by Gasteiger charge is -2.01. The van der Waals surface area contributed by atoms with E-state index in [-0.39, 0.29) is 0 Å². The number of aryl methyl sites for hydroxylation is 1. The monoisotopic (exact) mass is 267 g/mol. The molecule has 1 aromatic heterocycles. The van der Waals surface area contributed by atoms with Crippen molar-refractivity contribution >= 4 is 39.5 Å². The fourth-order valence-electron chi connectivity index (χ4n) is 2.40. The maximum Gasteiger partial charge on any atom is 0.0467 e. The maximum atomic E-state index is 6.09. The first-order chi connectivity index (χ1) is 9.19. The minimum atomic E-state index is 0.761. The van der Waals surface area contributed by atoms with Gasteiger partial charge in [0.2, 0.25) is 0 Å². The third-order valence-electron chi connectivity index (χ3n) is 3.36. The minimum absolute atomic E-state index is 0.761. The Bertz CT molecular complexity index is 809. The van der Waals surface area contributed by atoms with Gasteiger partial charge >= 0.3 is 0 Å². The number of aromatic amines is 1. The van der Waals surface area contributed by atoms with Gasteiger partial charge in [0.1, 0.15) is 0 Å². The lowest BCUT2D eigenvalue weighted by Crippen LogP contribution is -1.80. The summed E-state index contributed by atoms with van der Waals surface area (Å²) in [6.45, 7) is 5.82. The molecule has 1 nitrogen and oxygen atoms in total. The summed E-state index contributed by atoms with van der Waals surface area (Å²) in [4.78, 5) is 3.43. The lowest BCUT2D eigenvalue weighted by molar-refractivity contribution is 1.45. The summed E-state index contributed by atoms with van der Waals surface area (Å²) in [5.41, 5.74) is 4.70. The number of hydrogen-bond donors (Lipinski definition) is 1. The van der Waals surface area contributed by atoms with Crippen molar-refractivity contribution in [1.82, 2.24) is 4.98 Å². The third-order valence-corrected chi connectivity index (χ3v) is 3.59. The van der Waals surface area contributed by atoms with Crippen LogP contribution in [0, 0.1) is 6.92 Å². The van der Waals surface area contributed by atoms with E-state index in [4.69, 9.17) is 11.6 Å². The summed E-state index contributed by atoms with van der Waals surface area (Å²) in [5.74, 6) is 0. The molecular formula is C17H14ClN. The Balaban J connectivity index is 2.35. The largest absolute Gasteiger partial charge is 0.355 e. The summed E-state index contributed by atoms with van der Waals surface area (Å²) >= 11 is 6.09. The van der Waals surface area contributed by atoms with Crippen LogP contribution >= 0.6 is 11.6 Å². The van der Waals surface area contributed by atoms with Crippen LogP contribution in [-0.2, 0) is 0 Å². The summed E-state index contributed by atoms with van der Waals surface area (Å²) in [5, 5.41) is 3.12. The zero-order chi connectivity index (χ0) is 13.4. The zero-order valence-corrected chi connectivity index (χ0v) is 11.5. The molecule has 3 aromatic rings. The van der Waals surface area contributed by atoms with E-state index in [1.54, 1.807) is 6.08 Å². The summed E-state index contributed by atoms with van der Waals surface area (Å²) in [6, 6.07) is 10.3. The normalized spacial score (nSPS) is 11.7. The maximum absolute atomic E-state index is 6.09. The second-order valence-electron chi connectivity index (χ2n) is 4.66. The first-order valence-corrected chi connectivity index (χ1v) is 6.57. The molecule has 0 unspecified atom stereocenters. The molecule has 19 heavy (non-hydrogen) atoms. The predicted molar refractivity (Wildman–Crippen MR) is 84.8 cm³/mol. The average molecular weight is 268 g/mol. The van der Waals surface area contributed by atoms with Crippen molar-refractivity contribution in [2.75, 3.05) is 0 Å². The second-order valence-corrected chi connectivity index (χ2v) is 5.10. The number of halogens is 1. The van der Waals surface area contributed by atoms with Crippen LogP contribution in [0.3, 0.4) is 0 Å².